The zero-order valence-electron chi connectivity index (χ0n) is 13.7. The molecule has 1 aliphatic rings. The first-order chi connectivity index (χ1) is 10.7. The van der Waals surface area contributed by atoms with Crippen LogP contribution in [0.25, 0.3) is 0 Å². The molecular weight excluding hydrogens is 278 g/mol. The molecule has 0 unspecified atom stereocenters. The van der Waals surface area contributed by atoms with Crippen LogP contribution >= 0.6 is 0 Å². The molecule has 0 aromatic carbocycles. The summed E-state index contributed by atoms with van der Waals surface area (Å²) in [6.45, 7) is 4.28. The summed E-state index contributed by atoms with van der Waals surface area (Å²) in [5, 5.41) is 3.26. The van der Waals surface area contributed by atoms with Crippen molar-refractivity contribution < 1.29 is 9.53 Å². The van der Waals surface area contributed by atoms with E-state index in [2.05, 4.69) is 10.3 Å². The molecule has 2 rings (SSSR count). The van der Waals surface area contributed by atoms with Crippen LogP contribution in [-0.4, -0.2) is 48.6 Å². The lowest BCUT2D eigenvalue weighted by atomic mass is 10.2. The number of amides is 1. The summed E-state index contributed by atoms with van der Waals surface area (Å²) in [5.74, 6) is 0.808. The fourth-order valence-corrected chi connectivity index (χ4v) is 2.58. The first kappa shape index (κ1) is 16.7. The third-order valence-electron chi connectivity index (χ3n) is 4.11. The van der Waals surface area contributed by atoms with Gasteiger partial charge in [0.1, 0.15) is 5.82 Å². The molecule has 5 nitrogen and oxygen atoms in total. The number of rotatable bonds is 8. The van der Waals surface area contributed by atoms with E-state index < -0.39 is 0 Å². The quantitative estimate of drug-likeness (QED) is 0.750. The first-order valence-corrected chi connectivity index (χ1v) is 8.27. The lowest BCUT2D eigenvalue weighted by molar-refractivity contribution is 0.0583. The van der Waals surface area contributed by atoms with Crippen LogP contribution in [0.5, 0.6) is 0 Å². The van der Waals surface area contributed by atoms with Crippen molar-refractivity contribution in [2.75, 3.05) is 32.1 Å². The Morgan fingerprint density at radius 2 is 2.18 bits per heavy atom. The van der Waals surface area contributed by atoms with Gasteiger partial charge in [-0.3, -0.25) is 4.79 Å². The highest BCUT2D eigenvalue weighted by Crippen LogP contribution is 2.20. The predicted molar refractivity (Wildman–Crippen MR) is 88.2 cm³/mol. The van der Waals surface area contributed by atoms with Crippen molar-refractivity contribution in [3.63, 3.8) is 0 Å². The van der Waals surface area contributed by atoms with Crippen LogP contribution in [-0.2, 0) is 4.74 Å². The monoisotopic (exact) mass is 305 g/mol. The molecule has 0 aliphatic heterocycles. The number of pyridine rings is 1. The molecule has 1 aromatic heterocycles. The minimum atomic E-state index is 0.00603. The third-order valence-corrected chi connectivity index (χ3v) is 4.11. The third kappa shape index (κ3) is 4.98. The molecule has 5 heteroatoms. The van der Waals surface area contributed by atoms with Gasteiger partial charge in [-0.05, 0) is 38.3 Å². The van der Waals surface area contributed by atoms with Crippen molar-refractivity contribution in [1.29, 1.82) is 0 Å². The van der Waals surface area contributed by atoms with E-state index in [1.807, 2.05) is 19.1 Å². The number of hydrogen-bond acceptors (Lipinski definition) is 4. The van der Waals surface area contributed by atoms with Crippen molar-refractivity contribution in [2.24, 2.45) is 0 Å². The zero-order chi connectivity index (χ0) is 15.8. The van der Waals surface area contributed by atoms with Crippen molar-refractivity contribution >= 4 is 11.7 Å². The van der Waals surface area contributed by atoms with Gasteiger partial charge in [0, 0.05) is 32.9 Å². The highest BCUT2D eigenvalue weighted by atomic mass is 16.5. The molecule has 0 bridgehead atoms. The maximum absolute atomic E-state index is 12.0. The molecule has 1 aromatic rings. The standard InChI is InChI=1S/C17H27N3O2/c1-3-20(2)17(21)14-9-10-16(19-13-14)18-11-6-12-22-15-7-4-5-8-15/h9-10,13,15H,3-8,11-12H2,1-2H3,(H,18,19). The van der Waals surface area contributed by atoms with Crippen LogP contribution < -0.4 is 5.32 Å². The van der Waals surface area contributed by atoms with Gasteiger partial charge in [-0.25, -0.2) is 4.98 Å². The molecule has 0 saturated heterocycles. The Bertz CT molecular complexity index is 455. The Labute approximate surface area is 133 Å². The van der Waals surface area contributed by atoms with Gasteiger partial charge in [0.15, 0.2) is 0 Å². The van der Waals surface area contributed by atoms with Gasteiger partial charge < -0.3 is 15.0 Å². The SMILES string of the molecule is CCN(C)C(=O)c1ccc(NCCCOC2CCCC2)nc1. The molecule has 22 heavy (non-hydrogen) atoms. The van der Waals surface area contributed by atoms with E-state index in [0.29, 0.717) is 18.2 Å². The Morgan fingerprint density at radius 1 is 1.41 bits per heavy atom. The number of nitrogens with zero attached hydrogens (tertiary/aromatic N) is 2. The fraction of sp³-hybridized carbons (Fsp3) is 0.647. The maximum atomic E-state index is 12.0. The maximum Gasteiger partial charge on any atom is 0.255 e. The number of nitrogens with one attached hydrogen (secondary N) is 1. The molecule has 0 radical (unpaired) electrons. The largest absolute Gasteiger partial charge is 0.378 e. The van der Waals surface area contributed by atoms with Gasteiger partial charge in [0.25, 0.3) is 5.91 Å². The van der Waals surface area contributed by atoms with Crippen LogP contribution in [0.1, 0.15) is 49.4 Å². The van der Waals surface area contributed by atoms with Crippen LogP contribution in [0.4, 0.5) is 5.82 Å². The molecule has 1 saturated carbocycles. The van der Waals surface area contributed by atoms with E-state index in [0.717, 1.165) is 25.4 Å². The van der Waals surface area contributed by atoms with Gasteiger partial charge >= 0.3 is 0 Å². The number of hydrogen-bond donors (Lipinski definition) is 1. The van der Waals surface area contributed by atoms with Crippen molar-refractivity contribution in [1.82, 2.24) is 9.88 Å². The van der Waals surface area contributed by atoms with E-state index in [1.54, 1.807) is 18.1 Å². The predicted octanol–water partition coefficient (Wildman–Crippen LogP) is 2.93. The van der Waals surface area contributed by atoms with Crippen molar-refractivity contribution in [3.8, 4) is 0 Å². The minimum Gasteiger partial charge on any atom is -0.378 e. The van der Waals surface area contributed by atoms with Crippen LogP contribution in [0.2, 0.25) is 0 Å². The number of aromatic nitrogens is 1. The topological polar surface area (TPSA) is 54.5 Å². The highest BCUT2D eigenvalue weighted by Gasteiger charge is 2.14. The molecule has 1 N–H and O–H groups in total. The second-order valence-corrected chi connectivity index (χ2v) is 5.81. The summed E-state index contributed by atoms with van der Waals surface area (Å²) < 4.78 is 5.82. The van der Waals surface area contributed by atoms with Crippen molar-refractivity contribution in [2.45, 2.75) is 45.1 Å². The number of anilines is 1. The van der Waals surface area contributed by atoms with Crippen LogP contribution in [0, 0.1) is 0 Å². The van der Waals surface area contributed by atoms with Gasteiger partial charge in [-0.2, -0.15) is 0 Å². The summed E-state index contributed by atoms with van der Waals surface area (Å²) in [5.41, 5.74) is 0.625. The van der Waals surface area contributed by atoms with E-state index in [1.165, 1.54) is 25.7 Å². The van der Waals surface area contributed by atoms with E-state index in [4.69, 9.17) is 4.74 Å². The molecule has 0 spiro atoms. The van der Waals surface area contributed by atoms with Gasteiger partial charge in [-0.1, -0.05) is 12.8 Å². The average Bonchev–Trinajstić information content (AvgIpc) is 3.07. The van der Waals surface area contributed by atoms with Gasteiger partial charge in [0.05, 0.1) is 11.7 Å². The molecule has 122 valence electrons. The zero-order valence-corrected chi connectivity index (χ0v) is 13.7. The van der Waals surface area contributed by atoms with Gasteiger partial charge in [-0.15, -0.1) is 0 Å². The summed E-state index contributed by atoms with van der Waals surface area (Å²) in [4.78, 5) is 17.9. The summed E-state index contributed by atoms with van der Waals surface area (Å²) >= 11 is 0. The Morgan fingerprint density at radius 3 is 2.82 bits per heavy atom. The lowest BCUT2D eigenvalue weighted by Gasteiger charge is -2.14. The molecule has 0 atom stereocenters. The number of carbonyl (C=O) groups excluding carboxylic acids is 1. The van der Waals surface area contributed by atoms with Gasteiger partial charge in [0.2, 0.25) is 0 Å². The minimum absolute atomic E-state index is 0.00603. The summed E-state index contributed by atoms with van der Waals surface area (Å²) in [6, 6.07) is 3.67. The van der Waals surface area contributed by atoms with E-state index in [-0.39, 0.29) is 5.91 Å². The average molecular weight is 305 g/mol. The van der Waals surface area contributed by atoms with Crippen LogP contribution in [0.15, 0.2) is 18.3 Å². The smallest absolute Gasteiger partial charge is 0.255 e. The molecule has 1 amide bonds. The Hall–Kier alpha value is -1.62. The fourth-order valence-electron chi connectivity index (χ4n) is 2.58. The molecule has 1 aliphatic carbocycles. The second-order valence-electron chi connectivity index (χ2n) is 5.81. The van der Waals surface area contributed by atoms with E-state index in [9.17, 15) is 4.79 Å². The Kier molecular flexibility index (Phi) is 6.65. The molecule has 1 heterocycles. The lowest BCUT2D eigenvalue weighted by Crippen LogP contribution is -2.26. The van der Waals surface area contributed by atoms with E-state index >= 15 is 0 Å². The molecular formula is C17H27N3O2. The van der Waals surface area contributed by atoms with Crippen molar-refractivity contribution in [3.05, 3.63) is 23.9 Å². The number of ether oxygens (including phenoxy) is 1. The normalized spacial score (nSPS) is 15.0. The first-order valence-electron chi connectivity index (χ1n) is 8.27. The summed E-state index contributed by atoms with van der Waals surface area (Å²) in [6.07, 6.45) is 8.14. The summed E-state index contributed by atoms with van der Waals surface area (Å²) in [7, 11) is 1.79. The highest BCUT2D eigenvalue weighted by molar-refractivity contribution is 5.93. The number of carbonyl (C=O) groups is 1. The second kappa shape index (κ2) is 8.73. The molecule has 1 fully saturated rings. The van der Waals surface area contributed by atoms with Crippen LogP contribution in [0.3, 0.4) is 0 Å². The Balaban J connectivity index is 1.66.